The molecular formula is C26H25N3O5S. The zero-order valence-corrected chi connectivity index (χ0v) is 19.9. The largest absolute Gasteiger partial charge is 0.477 e. The van der Waals surface area contributed by atoms with Gasteiger partial charge in [0, 0.05) is 18.4 Å². The van der Waals surface area contributed by atoms with Gasteiger partial charge < -0.3 is 20.5 Å². The number of thiazole rings is 1. The number of carboxylic acid groups (broad SMARTS) is 1. The summed E-state index contributed by atoms with van der Waals surface area (Å²) >= 11 is 1.07. The molecule has 2 aliphatic rings. The third-order valence-corrected chi connectivity index (χ3v) is 7.71. The number of aromatic nitrogens is 1. The molecular weight excluding hydrogens is 466 g/mol. The van der Waals surface area contributed by atoms with E-state index in [1.165, 1.54) is 11.1 Å². The number of amides is 2. The lowest BCUT2D eigenvalue weighted by Crippen LogP contribution is -2.30. The highest BCUT2D eigenvalue weighted by Gasteiger charge is 2.43. The number of alkyl carbamates (subject to hydrolysis) is 1. The molecule has 9 heteroatoms. The molecule has 1 fully saturated rings. The molecule has 1 aromatic heterocycles. The van der Waals surface area contributed by atoms with Crippen LogP contribution in [-0.4, -0.2) is 41.2 Å². The standard InChI is InChI=1S/C26H25N3O5S/c1-14-23(25(31)32)35-22(29-14)12-27-24(30)20-10-15(20)11-28-26(33)34-13-21-18-8-4-2-6-16(18)17-7-3-5-9-19(17)21/h2-9,15,20-21H,10-13H2,1H3,(H,27,30)(H,28,33)(H,31,32)/t15-,20-/m1/s1. The van der Waals surface area contributed by atoms with E-state index >= 15 is 0 Å². The molecule has 35 heavy (non-hydrogen) atoms. The predicted molar refractivity (Wildman–Crippen MR) is 130 cm³/mol. The maximum Gasteiger partial charge on any atom is 0.407 e. The van der Waals surface area contributed by atoms with Crippen LogP contribution < -0.4 is 10.6 Å². The number of carbonyl (C=O) groups is 3. The maximum absolute atomic E-state index is 12.4. The summed E-state index contributed by atoms with van der Waals surface area (Å²) in [6.07, 6.45) is 0.199. The van der Waals surface area contributed by atoms with Crippen LogP contribution >= 0.6 is 11.3 Å². The molecule has 2 aromatic carbocycles. The number of nitrogens with zero attached hydrogens (tertiary/aromatic N) is 1. The first-order valence-electron chi connectivity index (χ1n) is 11.5. The van der Waals surface area contributed by atoms with E-state index in [9.17, 15) is 14.4 Å². The van der Waals surface area contributed by atoms with Crippen LogP contribution in [-0.2, 0) is 16.1 Å². The van der Waals surface area contributed by atoms with Gasteiger partial charge in [0.15, 0.2) is 0 Å². The Balaban J connectivity index is 1.07. The zero-order chi connectivity index (χ0) is 24.5. The van der Waals surface area contributed by atoms with E-state index in [0.717, 1.165) is 22.5 Å². The van der Waals surface area contributed by atoms with Gasteiger partial charge in [0.1, 0.15) is 16.5 Å². The van der Waals surface area contributed by atoms with Crippen LogP contribution in [0.3, 0.4) is 0 Å². The number of aryl methyl sites for hydroxylation is 1. The van der Waals surface area contributed by atoms with E-state index in [4.69, 9.17) is 9.84 Å². The Labute approximate surface area is 206 Å². The SMILES string of the molecule is Cc1nc(CNC(=O)[C@@H]2C[C@@H]2CNC(=O)OCC2c3ccccc3-c3ccccc32)sc1C(=O)O. The Hall–Kier alpha value is -3.72. The molecule has 2 atom stereocenters. The maximum atomic E-state index is 12.4. The van der Waals surface area contributed by atoms with E-state index in [-0.39, 0.29) is 41.7 Å². The third-order valence-electron chi connectivity index (χ3n) is 6.56. The van der Waals surface area contributed by atoms with Crippen LogP contribution in [0.4, 0.5) is 4.79 Å². The van der Waals surface area contributed by atoms with Crippen molar-refractivity contribution in [1.29, 1.82) is 0 Å². The quantitative estimate of drug-likeness (QED) is 0.439. The summed E-state index contributed by atoms with van der Waals surface area (Å²) in [5, 5.41) is 15.3. The van der Waals surface area contributed by atoms with Gasteiger partial charge in [-0.1, -0.05) is 48.5 Å². The lowest BCUT2D eigenvalue weighted by atomic mass is 9.98. The Morgan fingerprint density at radius 1 is 1.06 bits per heavy atom. The number of carbonyl (C=O) groups excluding carboxylic acids is 2. The Bertz CT molecular complexity index is 1260. The normalized spacial score (nSPS) is 17.9. The van der Waals surface area contributed by atoms with E-state index in [1.54, 1.807) is 6.92 Å². The predicted octanol–water partition coefficient (Wildman–Crippen LogP) is 3.94. The molecule has 0 radical (unpaired) electrons. The molecule has 1 heterocycles. The van der Waals surface area contributed by atoms with E-state index in [0.29, 0.717) is 23.7 Å². The molecule has 0 aliphatic heterocycles. The molecule has 1 saturated carbocycles. The van der Waals surface area contributed by atoms with Crippen LogP contribution in [0.25, 0.3) is 11.1 Å². The van der Waals surface area contributed by atoms with Gasteiger partial charge in [0.05, 0.1) is 12.2 Å². The van der Waals surface area contributed by atoms with Gasteiger partial charge in [-0.25, -0.2) is 14.6 Å². The van der Waals surface area contributed by atoms with Gasteiger partial charge in [-0.15, -0.1) is 11.3 Å². The average Bonchev–Trinajstić information content (AvgIpc) is 3.44. The van der Waals surface area contributed by atoms with Crippen LogP contribution in [0.1, 0.15) is 43.8 Å². The Morgan fingerprint density at radius 2 is 1.71 bits per heavy atom. The van der Waals surface area contributed by atoms with E-state index in [2.05, 4.69) is 39.9 Å². The van der Waals surface area contributed by atoms with Gasteiger partial charge in [-0.05, 0) is 41.5 Å². The number of hydrogen-bond acceptors (Lipinski definition) is 6. The molecule has 3 N–H and O–H groups in total. The van der Waals surface area contributed by atoms with Crippen molar-refractivity contribution in [3.05, 3.63) is 75.2 Å². The van der Waals surface area contributed by atoms with Crippen LogP contribution in [0.5, 0.6) is 0 Å². The highest BCUT2D eigenvalue weighted by molar-refractivity contribution is 7.13. The molecule has 3 aromatic rings. The molecule has 180 valence electrons. The van der Waals surface area contributed by atoms with Crippen molar-refractivity contribution in [2.24, 2.45) is 11.8 Å². The van der Waals surface area contributed by atoms with Crippen LogP contribution in [0.15, 0.2) is 48.5 Å². The zero-order valence-electron chi connectivity index (χ0n) is 19.1. The monoisotopic (exact) mass is 491 g/mol. The average molecular weight is 492 g/mol. The first-order valence-corrected chi connectivity index (χ1v) is 12.3. The summed E-state index contributed by atoms with van der Waals surface area (Å²) in [4.78, 5) is 40.3. The molecule has 8 nitrogen and oxygen atoms in total. The van der Waals surface area contributed by atoms with E-state index in [1.807, 2.05) is 24.3 Å². The van der Waals surface area contributed by atoms with Crippen molar-refractivity contribution in [2.75, 3.05) is 13.2 Å². The molecule has 2 amide bonds. The molecule has 5 rings (SSSR count). The summed E-state index contributed by atoms with van der Waals surface area (Å²) < 4.78 is 5.55. The fourth-order valence-corrected chi connectivity index (χ4v) is 5.52. The lowest BCUT2D eigenvalue weighted by molar-refractivity contribution is -0.122. The summed E-state index contributed by atoms with van der Waals surface area (Å²) in [5.41, 5.74) is 5.12. The Kier molecular flexibility index (Phi) is 6.25. The number of nitrogens with one attached hydrogen (secondary N) is 2. The minimum Gasteiger partial charge on any atom is -0.477 e. The number of hydrogen-bond donors (Lipinski definition) is 3. The molecule has 0 saturated heterocycles. The van der Waals surface area contributed by atoms with Crippen LogP contribution in [0, 0.1) is 18.8 Å². The summed E-state index contributed by atoms with van der Waals surface area (Å²) in [6, 6.07) is 16.3. The summed E-state index contributed by atoms with van der Waals surface area (Å²) in [7, 11) is 0. The van der Waals surface area contributed by atoms with Crippen molar-refractivity contribution in [3.8, 4) is 11.1 Å². The molecule has 2 aliphatic carbocycles. The topological polar surface area (TPSA) is 118 Å². The van der Waals surface area contributed by atoms with Crippen LogP contribution in [0.2, 0.25) is 0 Å². The van der Waals surface area contributed by atoms with Gasteiger partial charge in [-0.2, -0.15) is 0 Å². The minimum absolute atomic E-state index is 0.00346. The first kappa shape index (κ1) is 23.0. The summed E-state index contributed by atoms with van der Waals surface area (Å²) in [5.74, 6) is -1.25. The molecule has 0 unspecified atom stereocenters. The van der Waals surface area contributed by atoms with Crippen molar-refractivity contribution >= 4 is 29.3 Å². The second kappa shape index (κ2) is 9.50. The number of benzene rings is 2. The van der Waals surface area contributed by atoms with Crippen molar-refractivity contribution < 1.29 is 24.2 Å². The number of fused-ring (bicyclic) bond motifs is 3. The molecule has 0 spiro atoms. The second-order valence-electron chi connectivity index (χ2n) is 8.85. The van der Waals surface area contributed by atoms with Crippen molar-refractivity contribution in [3.63, 3.8) is 0 Å². The highest BCUT2D eigenvalue weighted by atomic mass is 32.1. The van der Waals surface area contributed by atoms with Gasteiger partial charge in [0.2, 0.25) is 5.91 Å². The van der Waals surface area contributed by atoms with Gasteiger partial charge in [-0.3, -0.25) is 4.79 Å². The fourth-order valence-electron chi connectivity index (χ4n) is 4.68. The molecule has 0 bridgehead atoms. The number of ether oxygens (including phenoxy) is 1. The summed E-state index contributed by atoms with van der Waals surface area (Å²) in [6.45, 7) is 2.45. The smallest absolute Gasteiger partial charge is 0.407 e. The third kappa shape index (κ3) is 4.77. The number of rotatable bonds is 8. The second-order valence-corrected chi connectivity index (χ2v) is 9.94. The van der Waals surface area contributed by atoms with Gasteiger partial charge >= 0.3 is 12.1 Å². The van der Waals surface area contributed by atoms with Crippen molar-refractivity contribution in [1.82, 2.24) is 15.6 Å². The number of carboxylic acids is 1. The van der Waals surface area contributed by atoms with Gasteiger partial charge in [0.25, 0.3) is 0 Å². The fraction of sp³-hybridized carbons (Fsp3) is 0.308. The highest BCUT2D eigenvalue weighted by Crippen LogP contribution is 2.44. The lowest BCUT2D eigenvalue weighted by Gasteiger charge is -2.14. The Morgan fingerprint density at radius 3 is 2.34 bits per heavy atom. The van der Waals surface area contributed by atoms with Crippen molar-refractivity contribution in [2.45, 2.75) is 25.8 Å². The first-order chi connectivity index (χ1) is 16.9. The minimum atomic E-state index is -1.01. The van der Waals surface area contributed by atoms with E-state index < -0.39 is 12.1 Å². The number of aromatic carboxylic acids is 1.